The van der Waals surface area contributed by atoms with Crippen molar-refractivity contribution in [1.82, 2.24) is 0 Å². The number of nitrogens with zero attached hydrogens (tertiary/aromatic N) is 1. The Morgan fingerprint density at radius 1 is 0.441 bits per heavy atom. The number of aliphatic carboxylic acids is 1. The first kappa shape index (κ1) is 57.3. The molecule has 0 saturated carbocycles. The second kappa shape index (κ2) is 43.0. The van der Waals surface area contributed by atoms with Crippen molar-refractivity contribution < 1.29 is 42.9 Å². The summed E-state index contributed by atoms with van der Waals surface area (Å²) in [6.07, 6.45) is 41.8. The first-order valence-corrected chi connectivity index (χ1v) is 25.2. The van der Waals surface area contributed by atoms with Crippen LogP contribution in [0, 0.1) is 0 Å². The lowest BCUT2D eigenvalue weighted by molar-refractivity contribution is -0.870. The molecule has 9 heteroatoms. The van der Waals surface area contributed by atoms with E-state index < -0.39 is 24.3 Å². The highest BCUT2D eigenvalue weighted by Gasteiger charge is 2.22. The van der Waals surface area contributed by atoms with Gasteiger partial charge in [-0.2, -0.15) is 0 Å². The first-order valence-electron chi connectivity index (χ1n) is 25.2. The number of quaternary nitrogens is 1. The molecule has 0 aromatic rings. The van der Waals surface area contributed by atoms with E-state index in [9.17, 15) is 19.5 Å². The molecule has 0 N–H and O–H groups in total. The highest BCUT2D eigenvalue weighted by molar-refractivity contribution is 5.70. The Morgan fingerprint density at radius 3 is 1.08 bits per heavy atom. The smallest absolute Gasteiger partial charge is 0.306 e. The first-order chi connectivity index (χ1) is 28.6. The van der Waals surface area contributed by atoms with E-state index in [4.69, 9.17) is 18.9 Å². The van der Waals surface area contributed by atoms with Gasteiger partial charge < -0.3 is 33.3 Å². The molecule has 9 nitrogen and oxygen atoms in total. The third-order valence-electron chi connectivity index (χ3n) is 11.4. The van der Waals surface area contributed by atoms with Gasteiger partial charge in [0.1, 0.15) is 13.2 Å². The summed E-state index contributed by atoms with van der Waals surface area (Å²) < 4.78 is 22.5. The minimum atomic E-state index is -1.61. The van der Waals surface area contributed by atoms with Crippen molar-refractivity contribution in [1.29, 1.82) is 0 Å². The Labute approximate surface area is 364 Å². The molecule has 0 radical (unpaired) electrons. The summed E-state index contributed by atoms with van der Waals surface area (Å²) in [6.45, 7) is 4.73. The number of carbonyl (C=O) groups is 3. The average Bonchev–Trinajstić information content (AvgIpc) is 3.19. The molecule has 0 rings (SSSR count). The molecule has 0 fully saturated rings. The van der Waals surface area contributed by atoms with Gasteiger partial charge in [-0.05, 0) is 12.8 Å². The largest absolute Gasteiger partial charge is 0.545 e. The van der Waals surface area contributed by atoms with Crippen LogP contribution in [-0.2, 0) is 33.3 Å². The van der Waals surface area contributed by atoms with Gasteiger partial charge in [-0.15, -0.1) is 0 Å². The zero-order valence-corrected chi connectivity index (χ0v) is 39.7. The topological polar surface area (TPSA) is 111 Å². The lowest BCUT2D eigenvalue weighted by Crippen LogP contribution is -2.44. The van der Waals surface area contributed by atoms with Crippen molar-refractivity contribution in [2.75, 3.05) is 47.5 Å². The highest BCUT2D eigenvalue weighted by atomic mass is 16.7. The van der Waals surface area contributed by atoms with E-state index in [1.807, 2.05) is 21.1 Å². The summed E-state index contributed by atoms with van der Waals surface area (Å²) in [5.41, 5.74) is 0. The molecule has 0 amide bonds. The lowest BCUT2D eigenvalue weighted by atomic mass is 10.0. The third kappa shape index (κ3) is 44.2. The maximum absolute atomic E-state index is 12.7. The van der Waals surface area contributed by atoms with E-state index in [1.165, 1.54) is 180 Å². The van der Waals surface area contributed by atoms with Crippen LogP contribution in [0.1, 0.15) is 245 Å². The zero-order valence-electron chi connectivity index (χ0n) is 39.7. The molecule has 59 heavy (non-hydrogen) atoms. The minimum Gasteiger partial charge on any atom is -0.545 e. The molecule has 2 atom stereocenters. The summed E-state index contributed by atoms with van der Waals surface area (Å²) in [7, 11) is 5.91. The number of carboxylic acids is 1. The molecule has 0 saturated heterocycles. The number of carboxylic acid groups (broad SMARTS) is 1. The van der Waals surface area contributed by atoms with Gasteiger partial charge in [0, 0.05) is 12.8 Å². The number of ether oxygens (including phenoxy) is 4. The molecule has 0 aliphatic carbocycles. The molecular formula is C50H97NO8. The van der Waals surface area contributed by atoms with Crippen LogP contribution >= 0.6 is 0 Å². The van der Waals surface area contributed by atoms with Crippen LogP contribution in [0.5, 0.6) is 0 Å². The summed E-state index contributed by atoms with van der Waals surface area (Å²) in [4.78, 5) is 36.8. The monoisotopic (exact) mass is 840 g/mol. The fraction of sp³-hybridized carbons (Fsp3) is 0.940. The average molecular weight is 840 g/mol. The molecule has 0 heterocycles. The van der Waals surface area contributed by atoms with E-state index in [-0.39, 0.29) is 32.2 Å². The Kier molecular flexibility index (Phi) is 41.7. The van der Waals surface area contributed by atoms with E-state index in [0.29, 0.717) is 17.4 Å². The Bertz CT molecular complexity index is 938. The van der Waals surface area contributed by atoms with Gasteiger partial charge in [0.2, 0.25) is 0 Å². The van der Waals surface area contributed by atoms with E-state index in [1.54, 1.807) is 0 Å². The normalized spacial score (nSPS) is 12.8. The number of unbranched alkanes of at least 4 members (excludes halogenated alkanes) is 32. The van der Waals surface area contributed by atoms with Crippen LogP contribution in [0.15, 0.2) is 0 Å². The van der Waals surface area contributed by atoms with Crippen molar-refractivity contribution in [2.24, 2.45) is 0 Å². The molecule has 0 bridgehead atoms. The summed E-state index contributed by atoms with van der Waals surface area (Å²) in [5.74, 6) is -2.27. The maximum Gasteiger partial charge on any atom is 0.306 e. The fourth-order valence-electron chi connectivity index (χ4n) is 7.42. The van der Waals surface area contributed by atoms with E-state index >= 15 is 0 Å². The Hall–Kier alpha value is -1.71. The molecule has 0 aromatic carbocycles. The molecule has 2 unspecified atom stereocenters. The number of rotatable bonds is 47. The predicted molar refractivity (Wildman–Crippen MR) is 242 cm³/mol. The van der Waals surface area contributed by atoms with Crippen LogP contribution in [0.2, 0.25) is 0 Å². The van der Waals surface area contributed by atoms with Gasteiger partial charge >= 0.3 is 11.9 Å². The van der Waals surface area contributed by atoms with E-state index in [0.717, 1.165) is 38.5 Å². The van der Waals surface area contributed by atoms with Gasteiger partial charge in [0.25, 0.3) is 0 Å². The van der Waals surface area contributed by atoms with Crippen LogP contribution in [-0.4, -0.2) is 82.3 Å². The summed E-state index contributed by atoms with van der Waals surface area (Å²) in [6, 6.07) is 0. The number of hydrogen-bond acceptors (Lipinski definition) is 8. The van der Waals surface area contributed by atoms with Crippen molar-refractivity contribution in [2.45, 2.75) is 257 Å². The van der Waals surface area contributed by atoms with Gasteiger partial charge in [-0.1, -0.05) is 219 Å². The number of esters is 2. The maximum atomic E-state index is 12.7. The number of likely N-dealkylation sites (N-methyl/N-ethyl adjacent to an activating group) is 1. The summed E-state index contributed by atoms with van der Waals surface area (Å²) in [5, 5.41) is 11.7. The standard InChI is InChI=1S/C50H97NO8/c1-6-8-10-12-14-15-16-17-18-19-20-21-22-23-24-25-26-27-28-29-30-31-32-33-35-37-39-41-48(53)59-46(44-57-47(52)40-38-36-34-13-11-9-7-2)45-58-50(49(54)55)56-43-42-51(3,4)5/h46,50H,6-45H2,1-5H3. The van der Waals surface area contributed by atoms with Crippen LogP contribution in [0.4, 0.5) is 0 Å². The quantitative estimate of drug-likeness (QED) is 0.0258. The van der Waals surface area contributed by atoms with Gasteiger partial charge in [-0.25, -0.2) is 0 Å². The molecule has 0 aliphatic heterocycles. The second-order valence-electron chi connectivity index (χ2n) is 18.5. The van der Waals surface area contributed by atoms with Crippen LogP contribution < -0.4 is 5.11 Å². The van der Waals surface area contributed by atoms with E-state index in [2.05, 4.69) is 13.8 Å². The third-order valence-corrected chi connectivity index (χ3v) is 11.4. The summed E-state index contributed by atoms with van der Waals surface area (Å²) >= 11 is 0. The van der Waals surface area contributed by atoms with Gasteiger partial charge in [0.15, 0.2) is 12.4 Å². The van der Waals surface area contributed by atoms with Crippen LogP contribution in [0.3, 0.4) is 0 Å². The van der Waals surface area contributed by atoms with Gasteiger partial charge in [0.05, 0.1) is 40.3 Å². The fourth-order valence-corrected chi connectivity index (χ4v) is 7.42. The molecule has 350 valence electrons. The SMILES string of the molecule is CCCCCCCCCCCCCCCCCCCCCCCCCCCCCC(=O)OC(COC(=O)CCCCCCCCC)COC(OCC[N+](C)(C)C)C(=O)[O-]. The van der Waals surface area contributed by atoms with Crippen molar-refractivity contribution in [3.63, 3.8) is 0 Å². The van der Waals surface area contributed by atoms with Crippen molar-refractivity contribution in [3.8, 4) is 0 Å². The van der Waals surface area contributed by atoms with Crippen molar-refractivity contribution >= 4 is 17.9 Å². The predicted octanol–water partition coefficient (Wildman–Crippen LogP) is 12.3. The van der Waals surface area contributed by atoms with Crippen molar-refractivity contribution in [3.05, 3.63) is 0 Å². The Balaban J connectivity index is 4.03. The molecule has 0 aliphatic rings. The molecule has 0 aromatic heterocycles. The molecular weight excluding hydrogens is 743 g/mol. The number of carbonyl (C=O) groups excluding carboxylic acids is 3. The zero-order chi connectivity index (χ0) is 43.5. The molecule has 0 spiro atoms. The Morgan fingerprint density at radius 2 is 0.763 bits per heavy atom. The van der Waals surface area contributed by atoms with Crippen LogP contribution in [0.25, 0.3) is 0 Å². The second-order valence-corrected chi connectivity index (χ2v) is 18.5. The highest BCUT2D eigenvalue weighted by Crippen LogP contribution is 2.17. The van der Waals surface area contributed by atoms with Gasteiger partial charge in [-0.3, -0.25) is 9.59 Å². The lowest BCUT2D eigenvalue weighted by Gasteiger charge is -2.26. The number of hydrogen-bond donors (Lipinski definition) is 0. The minimum absolute atomic E-state index is 0.152.